The molecule has 12 heteroatoms. The molecule has 10 nitrogen and oxygen atoms in total. The lowest BCUT2D eigenvalue weighted by Gasteiger charge is -2.34. The van der Waals surface area contributed by atoms with Gasteiger partial charge < -0.3 is 9.73 Å². The number of hydrazone groups is 1. The van der Waals surface area contributed by atoms with Crippen LogP contribution in [-0.4, -0.2) is 54.2 Å². The molecule has 2 amide bonds. The molecule has 0 unspecified atom stereocenters. The van der Waals surface area contributed by atoms with Crippen LogP contribution in [-0.2, 0) is 0 Å². The molecule has 158 valence electrons. The molecule has 1 saturated heterocycles. The minimum atomic E-state index is -0.809. The predicted octanol–water partition coefficient (Wildman–Crippen LogP) is 3.83. The number of thioether (sulfide) groups is 1. The fourth-order valence-corrected chi connectivity index (χ4v) is 4.36. The fraction of sp³-hybridized carbons (Fsp3) is 0.471. The first kappa shape index (κ1) is 22.8. The summed E-state index contributed by atoms with van der Waals surface area (Å²) in [5.74, 6) is -0.0666. The maximum absolute atomic E-state index is 12.3. The first-order valence-electron chi connectivity index (χ1n) is 8.90. The Morgan fingerprint density at radius 2 is 2.31 bits per heavy atom. The van der Waals surface area contributed by atoms with Gasteiger partial charge in [0, 0.05) is 12.8 Å². The molecular weight excluding hydrogens is 418 g/mol. The largest absolute Gasteiger partial charge is 0.433 e. The average Bonchev–Trinajstić information content (AvgIpc) is 3.20. The van der Waals surface area contributed by atoms with Crippen molar-refractivity contribution >= 4 is 52.5 Å². The Labute approximate surface area is 177 Å². The highest BCUT2D eigenvalue weighted by Crippen LogP contribution is 2.42. The van der Waals surface area contributed by atoms with Crippen LogP contribution in [0.1, 0.15) is 39.4 Å². The fourth-order valence-electron chi connectivity index (χ4n) is 2.57. The van der Waals surface area contributed by atoms with Gasteiger partial charge in [-0.2, -0.15) is 10.2 Å². The van der Waals surface area contributed by atoms with E-state index in [0.717, 1.165) is 12.8 Å². The summed E-state index contributed by atoms with van der Waals surface area (Å²) in [6.07, 6.45) is 5.33. The summed E-state index contributed by atoms with van der Waals surface area (Å²) in [7, 11) is 0. The molecule has 2 rings (SSSR count). The number of allylic oxidation sites excluding steroid dienone is 1. The summed E-state index contributed by atoms with van der Waals surface area (Å²) < 4.78 is 4.82. The zero-order valence-corrected chi connectivity index (χ0v) is 17.9. The van der Waals surface area contributed by atoms with Gasteiger partial charge >= 0.3 is 11.9 Å². The zero-order chi connectivity index (χ0) is 21.6. The van der Waals surface area contributed by atoms with Crippen LogP contribution < -0.4 is 5.32 Å². The molecular formula is C17H23N5O5S2. The first-order chi connectivity index (χ1) is 13.7. The number of unbranched alkanes of at least 4 members (excludes halogenated alkanes) is 1. The summed E-state index contributed by atoms with van der Waals surface area (Å²) in [5.41, 5.74) is 0. The second-order valence-electron chi connectivity index (χ2n) is 6.68. The van der Waals surface area contributed by atoms with Crippen LogP contribution in [0.4, 0.5) is 10.7 Å². The van der Waals surface area contributed by atoms with Gasteiger partial charge in [0.2, 0.25) is 0 Å². The molecule has 0 spiro atoms. The van der Waals surface area contributed by atoms with Gasteiger partial charge in [0.25, 0.3) is 0 Å². The van der Waals surface area contributed by atoms with Crippen LogP contribution in [0.3, 0.4) is 0 Å². The number of nitrogens with zero attached hydrogens (tertiary/aromatic N) is 4. The topological polar surface area (TPSA) is 124 Å². The molecule has 1 atom stereocenters. The number of furan rings is 1. The molecule has 0 radical (unpaired) electrons. The number of carbonyl (C=O) groups excluding carboxylic acids is 1. The zero-order valence-electron chi connectivity index (χ0n) is 16.3. The molecule has 2 heterocycles. The van der Waals surface area contributed by atoms with Crippen molar-refractivity contribution in [1.82, 2.24) is 15.4 Å². The second kappa shape index (κ2) is 9.85. The predicted molar refractivity (Wildman–Crippen MR) is 115 cm³/mol. The number of hydroxylamine groups is 2. The van der Waals surface area contributed by atoms with Crippen LogP contribution in [0.15, 0.2) is 27.7 Å². The van der Waals surface area contributed by atoms with Crippen molar-refractivity contribution in [2.75, 3.05) is 6.54 Å². The lowest BCUT2D eigenvalue weighted by atomic mass is 10.1. The van der Waals surface area contributed by atoms with Crippen molar-refractivity contribution in [3.63, 3.8) is 0 Å². The first-order valence-corrected chi connectivity index (χ1v) is 10.1. The summed E-state index contributed by atoms with van der Waals surface area (Å²) in [4.78, 5) is 22.3. The van der Waals surface area contributed by atoms with E-state index in [2.05, 4.69) is 10.4 Å². The Hall–Kier alpha value is -2.44. The average molecular weight is 442 g/mol. The van der Waals surface area contributed by atoms with Crippen molar-refractivity contribution in [1.29, 1.82) is 0 Å². The SMILES string of the molecule is CCCCNC(=O)N(O)[C@H]1N(/N=C\C=C\c2ccc([N+](=O)[O-])o2)C(=S)SC1(C)C. The van der Waals surface area contributed by atoms with E-state index in [9.17, 15) is 20.1 Å². The number of carbonyl (C=O) groups is 1. The smallest absolute Gasteiger partial charge is 0.401 e. The van der Waals surface area contributed by atoms with E-state index in [-0.39, 0.29) is 11.6 Å². The Morgan fingerprint density at radius 1 is 1.59 bits per heavy atom. The normalized spacial score (nSPS) is 18.7. The monoisotopic (exact) mass is 441 g/mol. The minimum absolute atomic E-state index is 0.289. The van der Waals surface area contributed by atoms with Gasteiger partial charge in [0.1, 0.15) is 10.7 Å². The highest BCUT2D eigenvalue weighted by atomic mass is 32.2. The van der Waals surface area contributed by atoms with Crippen molar-refractivity contribution in [3.8, 4) is 0 Å². The third-order valence-corrected chi connectivity index (χ3v) is 5.50. The van der Waals surface area contributed by atoms with Crippen molar-refractivity contribution in [2.45, 2.75) is 44.5 Å². The highest BCUT2D eigenvalue weighted by Gasteiger charge is 2.49. The third-order valence-electron chi connectivity index (χ3n) is 3.97. The molecule has 1 aliphatic rings. The van der Waals surface area contributed by atoms with Crippen molar-refractivity contribution < 1.29 is 19.3 Å². The quantitative estimate of drug-likeness (QED) is 0.156. The summed E-state index contributed by atoms with van der Waals surface area (Å²) in [6.45, 7) is 6.16. The van der Waals surface area contributed by atoms with Gasteiger partial charge in [-0.15, -0.1) is 0 Å². The summed E-state index contributed by atoms with van der Waals surface area (Å²) in [6, 6.07) is 2.09. The van der Waals surface area contributed by atoms with Gasteiger partial charge in [-0.25, -0.2) is 9.80 Å². The molecule has 1 aromatic heterocycles. The van der Waals surface area contributed by atoms with Gasteiger partial charge in [0.15, 0.2) is 10.5 Å². The van der Waals surface area contributed by atoms with E-state index < -0.39 is 21.9 Å². The van der Waals surface area contributed by atoms with Gasteiger partial charge in [-0.1, -0.05) is 37.3 Å². The van der Waals surface area contributed by atoms with Crippen LogP contribution >= 0.6 is 24.0 Å². The molecule has 2 N–H and O–H groups in total. The highest BCUT2D eigenvalue weighted by molar-refractivity contribution is 8.24. The van der Waals surface area contributed by atoms with E-state index in [4.69, 9.17) is 16.6 Å². The number of thiocarbonyl (C=S) groups is 1. The van der Waals surface area contributed by atoms with Crippen LogP contribution in [0, 0.1) is 10.1 Å². The molecule has 1 aliphatic heterocycles. The Bertz CT molecular complexity index is 823. The van der Waals surface area contributed by atoms with Crippen LogP contribution in [0.5, 0.6) is 0 Å². The lowest BCUT2D eigenvalue weighted by Crippen LogP contribution is -2.55. The maximum Gasteiger partial charge on any atom is 0.433 e. The summed E-state index contributed by atoms with van der Waals surface area (Å²) >= 11 is 6.66. The van der Waals surface area contributed by atoms with Crippen molar-refractivity contribution in [2.24, 2.45) is 5.10 Å². The van der Waals surface area contributed by atoms with Crippen LogP contribution in [0.25, 0.3) is 6.08 Å². The Balaban J connectivity index is 2.10. The lowest BCUT2D eigenvalue weighted by molar-refractivity contribution is -0.402. The number of hydrogen-bond donors (Lipinski definition) is 2. The van der Waals surface area contributed by atoms with E-state index in [1.807, 2.05) is 20.8 Å². The number of nitro groups is 1. The van der Waals surface area contributed by atoms with E-state index in [1.165, 1.54) is 47.3 Å². The number of urea groups is 1. The van der Waals surface area contributed by atoms with Gasteiger partial charge in [-0.3, -0.25) is 15.3 Å². The number of hydrogen-bond acceptors (Lipinski definition) is 8. The number of amides is 2. The van der Waals surface area contributed by atoms with Crippen LogP contribution in [0.2, 0.25) is 0 Å². The molecule has 0 saturated carbocycles. The molecule has 0 bridgehead atoms. The number of rotatable bonds is 8. The number of nitrogens with one attached hydrogen (secondary N) is 1. The maximum atomic E-state index is 12.3. The van der Waals surface area contributed by atoms with E-state index in [0.29, 0.717) is 15.9 Å². The standard InChI is InChI=1S/C17H23N5O5S2/c1-4-5-10-18-15(23)21(24)14-17(2,3)29-16(28)20(14)19-11-6-7-12-8-9-13(27-12)22(25)26/h6-9,11,14,24H,4-5,10H2,1-3H3,(H,18,23)/b7-6+,19-11-/t14-/m1/s1. The second-order valence-corrected chi connectivity index (χ2v) is 8.96. The Kier molecular flexibility index (Phi) is 7.76. The molecule has 1 aromatic rings. The van der Waals surface area contributed by atoms with Crippen molar-refractivity contribution in [3.05, 3.63) is 34.1 Å². The molecule has 0 aromatic carbocycles. The molecule has 29 heavy (non-hydrogen) atoms. The summed E-state index contributed by atoms with van der Waals surface area (Å²) in [5, 5.41) is 30.0. The van der Waals surface area contributed by atoms with E-state index >= 15 is 0 Å². The molecule has 1 fully saturated rings. The van der Waals surface area contributed by atoms with Gasteiger partial charge in [0.05, 0.1) is 10.8 Å². The van der Waals surface area contributed by atoms with Gasteiger partial charge in [-0.05, 0) is 38.5 Å². The molecule has 0 aliphatic carbocycles. The Morgan fingerprint density at radius 3 is 2.93 bits per heavy atom. The third kappa shape index (κ3) is 5.78. The minimum Gasteiger partial charge on any atom is -0.401 e. The van der Waals surface area contributed by atoms with E-state index in [1.54, 1.807) is 0 Å².